The Kier molecular flexibility index (Phi) is 9.86. The van der Waals surface area contributed by atoms with Gasteiger partial charge in [0.25, 0.3) is 0 Å². The second-order valence-corrected chi connectivity index (χ2v) is 1.50. The molecule has 0 aliphatic rings. The Morgan fingerprint density at radius 1 is 1.62 bits per heavy atom. The SMILES string of the molecule is CCCCC(=O)O.[Pt]. The molecule has 0 bridgehead atoms. The van der Waals surface area contributed by atoms with Crippen molar-refractivity contribution in [2.75, 3.05) is 0 Å². The molecule has 0 saturated carbocycles. The van der Waals surface area contributed by atoms with E-state index in [4.69, 9.17) is 5.11 Å². The molecule has 0 saturated heterocycles. The minimum atomic E-state index is -0.693. The molecule has 0 aliphatic carbocycles. The van der Waals surface area contributed by atoms with E-state index in [9.17, 15) is 4.79 Å². The van der Waals surface area contributed by atoms with Crippen molar-refractivity contribution < 1.29 is 31.0 Å². The normalized spacial score (nSPS) is 7.62. The van der Waals surface area contributed by atoms with E-state index < -0.39 is 5.97 Å². The molecular weight excluding hydrogens is 287 g/mol. The molecule has 0 aromatic heterocycles. The Morgan fingerprint density at radius 3 is 2.25 bits per heavy atom. The number of carboxylic acid groups (broad SMARTS) is 1. The Morgan fingerprint density at radius 2 is 2.12 bits per heavy atom. The smallest absolute Gasteiger partial charge is 0.303 e. The summed E-state index contributed by atoms with van der Waals surface area (Å²) in [4.78, 5) is 9.76. The monoisotopic (exact) mass is 297 g/mol. The van der Waals surface area contributed by atoms with Gasteiger partial charge in [-0.1, -0.05) is 13.3 Å². The molecule has 0 unspecified atom stereocenters. The fourth-order valence-electron chi connectivity index (χ4n) is 0.328. The Balaban J connectivity index is 0. The quantitative estimate of drug-likeness (QED) is 0.851. The topological polar surface area (TPSA) is 37.3 Å². The third-order valence-electron chi connectivity index (χ3n) is 0.744. The van der Waals surface area contributed by atoms with E-state index in [1.165, 1.54) is 0 Å². The zero-order valence-electron chi connectivity index (χ0n) is 4.79. The molecule has 0 aromatic rings. The average Bonchev–Trinajstić information content (AvgIpc) is 1.61. The zero-order chi connectivity index (χ0) is 5.70. The van der Waals surface area contributed by atoms with Crippen LogP contribution in [0.5, 0.6) is 0 Å². The Hall–Kier alpha value is 0.158. The van der Waals surface area contributed by atoms with Crippen LogP contribution >= 0.6 is 0 Å². The van der Waals surface area contributed by atoms with Crippen LogP contribution in [0.25, 0.3) is 0 Å². The number of rotatable bonds is 3. The van der Waals surface area contributed by atoms with Crippen LogP contribution in [0.3, 0.4) is 0 Å². The van der Waals surface area contributed by atoms with Crippen molar-refractivity contribution in [1.29, 1.82) is 0 Å². The second-order valence-electron chi connectivity index (χ2n) is 1.50. The zero-order valence-corrected chi connectivity index (χ0v) is 7.07. The largest absolute Gasteiger partial charge is 0.481 e. The van der Waals surface area contributed by atoms with Gasteiger partial charge in [-0.25, -0.2) is 0 Å². The summed E-state index contributed by atoms with van der Waals surface area (Å²) in [5.74, 6) is -0.693. The molecule has 2 nitrogen and oxygen atoms in total. The molecule has 0 atom stereocenters. The summed E-state index contributed by atoms with van der Waals surface area (Å²) in [7, 11) is 0. The molecule has 0 aliphatic heterocycles. The third-order valence-corrected chi connectivity index (χ3v) is 0.744. The van der Waals surface area contributed by atoms with Gasteiger partial charge in [0, 0.05) is 27.5 Å². The van der Waals surface area contributed by atoms with Crippen molar-refractivity contribution in [2.45, 2.75) is 26.2 Å². The number of hydrogen-bond acceptors (Lipinski definition) is 1. The van der Waals surface area contributed by atoms with Crippen LogP contribution in [-0.2, 0) is 25.9 Å². The van der Waals surface area contributed by atoms with Gasteiger partial charge in [0.2, 0.25) is 0 Å². The molecule has 3 heteroatoms. The van der Waals surface area contributed by atoms with Crippen LogP contribution in [0.1, 0.15) is 26.2 Å². The molecule has 0 spiro atoms. The van der Waals surface area contributed by atoms with E-state index in [0.29, 0.717) is 6.42 Å². The van der Waals surface area contributed by atoms with Crippen LogP contribution in [-0.4, -0.2) is 11.1 Å². The summed E-state index contributed by atoms with van der Waals surface area (Å²) >= 11 is 0. The van der Waals surface area contributed by atoms with Gasteiger partial charge in [-0.05, 0) is 6.42 Å². The van der Waals surface area contributed by atoms with Crippen molar-refractivity contribution in [1.82, 2.24) is 0 Å². The summed E-state index contributed by atoms with van der Waals surface area (Å²) in [6, 6.07) is 0. The van der Waals surface area contributed by atoms with Gasteiger partial charge in [-0.3, -0.25) is 4.79 Å². The third kappa shape index (κ3) is 9.48. The molecule has 0 amide bonds. The summed E-state index contributed by atoms with van der Waals surface area (Å²) in [6.45, 7) is 1.98. The van der Waals surface area contributed by atoms with Crippen molar-refractivity contribution in [2.24, 2.45) is 0 Å². The van der Waals surface area contributed by atoms with Gasteiger partial charge < -0.3 is 5.11 Å². The van der Waals surface area contributed by atoms with Gasteiger partial charge in [-0.15, -0.1) is 0 Å². The van der Waals surface area contributed by atoms with E-state index in [2.05, 4.69) is 0 Å². The van der Waals surface area contributed by atoms with Crippen molar-refractivity contribution >= 4 is 5.97 Å². The first-order valence-electron chi connectivity index (χ1n) is 2.49. The van der Waals surface area contributed by atoms with Crippen LogP contribution in [0.15, 0.2) is 0 Å². The summed E-state index contributed by atoms with van der Waals surface area (Å²) in [5, 5.41) is 8.04. The van der Waals surface area contributed by atoms with Crippen LogP contribution in [0.2, 0.25) is 0 Å². The molecule has 52 valence electrons. The molecule has 0 heterocycles. The molecular formula is C5H10O2Pt. The average molecular weight is 297 g/mol. The number of carboxylic acids is 1. The molecule has 0 rings (SSSR count). The van der Waals surface area contributed by atoms with Crippen molar-refractivity contribution in [3.8, 4) is 0 Å². The van der Waals surface area contributed by atoms with Gasteiger partial charge in [-0.2, -0.15) is 0 Å². The number of aliphatic carboxylic acids is 1. The maximum atomic E-state index is 9.76. The van der Waals surface area contributed by atoms with Gasteiger partial charge in [0.15, 0.2) is 0 Å². The summed E-state index contributed by atoms with van der Waals surface area (Å²) in [6.07, 6.45) is 2.08. The first-order chi connectivity index (χ1) is 3.27. The minimum Gasteiger partial charge on any atom is -0.481 e. The standard InChI is InChI=1S/C5H10O2.Pt/c1-2-3-4-5(6)7;/h2-4H2,1H3,(H,6,7);. The van der Waals surface area contributed by atoms with Crippen LogP contribution in [0.4, 0.5) is 0 Å². The maximum Gasteiger partial charge on any atom is 0.303 e. The summed E-state index contributed by atoms with van der Waals surface area (Å²) in [5.41, 5.74) is 0. The van der Waals surface area contributed by atoms with E-state index in [-0.39, 0.29) is 21.1 Å². The van der Waals surface area contributed by atoms with E-state index in [1.54, 1.807) is 0 Å². The molecule has 1 N–H and O–H groups in total. The van der Waals surface area contributed by atoms with E-state index in [1.807, 2.05) is 6.92 Å². The molecule has 8 heavy (non-hydrogen) atoms. The van der Waals surface area contributed by atoms with E-state index >= 15 is 0 Å². The maximum absolute atomic E-state index is 9.76. The van der Waals surface area contributed by atoms with Crippen molar-refractivity contribution in [3.05, 3.63) is 0 Å². The second kappa shape index (κ2) is 7.16. The van der Waals surface area contributed by atoms with Crippen LogP contribution < -0.4 is 0 Å². The van der Waals surface area contributed by atoms with Crippen molar-refractivity contribution in [3.63, 3.8) is 0 Å². The summed E-state index contributed by atoms with van der Waals surface area (Å²) < 4.78 is 0. The van der Waals surface area contributed by atoms with E-state index in [0.717, 1.165) is 12.8 Å². The first kappa shape index (κ1) is 11.0. The van der Waals surface area contributed by atoms with Gasteiger partial charge in [0.1, 0.15) is 0 Å². The van der Waals surface area contributed by atoms with Gasteiger partial charge >= 0.3 is 5.97 Å². The number of unbranched alkanes of at least 4 members (excludes halogenated alkanes) is 1. The molecule has 0 aromatic carbocycles. The van der Waals surface area contributed by atoms with Gasteiger partial charge in [0.05, 0.1) is 0 Å². The Bertz CT molecular complexity index is 63.4. The molecule has 0 radical (unpaired) electrons. The fraction of sp³-hybridized carbons (Fsp3) is 0.800. The fourth-order valence-corrected chi connectivity index (χ4v) is 0.328. The first-order valence-corrected chi connectivity index (χ1v) is 2.49. The predicted octanol–water partition coefficient (Wildman–Crippen LogP) is 1.26. The minimum absolute atomic E-state index is 0. The van der Waals surface area contributed by atoms with Crippen LogP contribution in [0, 0.1) is 0 Å². The Labute approximate surface area is 63.5 Å². The molecule has 0 fully saturated rings. The predicted molar refractivity (Wildman–Crippen MR) is 27.2 cm³/mol. The number of carbonyl (C=O) groups is 1. The number of hydrogen-bond donors (Lipinski definition) is 1.